The van der Waals surface area contributed by atoms with Gasteiger partial charge in [-0.25, -0.2) is 9.59 Å². The van der Waals surface area contributed by atoms with Gasteiger partial charge in [0.05, 0.1) is 18.4 Å². The highest BCUT2D eigenvalue weighted by Crippen LogP contribution is 2.16. The summed E-state index contributed by atoms with van der Waals surface area (Å²) in [4.78, 5) is 24.5. The minimum Gasteiger partial charge on any atom is -0.478 e. The minimum absolute atomic E-state index is 0.168. The molecule has 0 atom stereocenters. The quantitative estimate of drug-likeness (QED) is 0.906. The first kappa shape index (κ1) is 14.6. The molecular weight excluding hydrogens is 272 g/mol. The molecule has 0 bridgehead atoms. The van der Waals surface area contributed by atoms with Crippen LogP contribution < -0.4 is 5.32 Å². The van der Waals surface area contributed by atoms with Crippen LogP contribution in [0.2, 0.25) is 0 Å². The lowest BCUT2D eigenvalue weighted by Gasteiger charge is -2.17. The van der Waals surface area contributed by atoms with Crippen LogP contribution in [0.15, 0.2) is 41.0 Å². The molecule has 21 heavy (non-hydrogen) atoms. The molecule has 0 aliphatic heterocycles. The Hall–Kier alpha value is -2.76. The van der Waals surface area contributed by atoms with Crippen LogP contribution >= 0.6 is 0 Å². The predicted molar refractivity (Wildman–Crippen MR) is 77.3 cm³/mol. The summed E-state index contributed by atoms with van der Waals surface area (Å²) in [5, 5.41) is 11.7. The number of hydrogen-bond acceptors (Lipinski definition) is 3. The number of carboxylic acid groups (broad SMARTS) is 1. The van der Waals surface area contributed by atoms with Gasteiger partial charge < -0.3 is 19.7 Å². The maximum absolute atomic E-state index is 12.0. The Balaban J connectivity index is 2.05. The van der Waals surface area contributed by atoms with Gasteiger partial charge in [0.2, 0.25) is 0 Å². The number of nitrogens with zero attached hydrogens (tertiary/aromatic N) is 1. The van der Waals surface area contributed by atoms with Crippen LogP contribution in [0.3, 0.4) is 0 Å². The van der Waals surface area contributed by atoms with E-state index in [1.165, 1.54) is 11.0 Å². The second-order valence-electron chi connectivity index (χ2n) is 4.70. The van der Waals surface area contributed by atoms with E-state index >= 15 is 0 Å². The number of nitrogens with one attached hydrogen (secondary N) is 1. The van der Waals surface area contributed by atoms with Crippen molar-refractivity contribution in [3.8, 4) is 0 Å². The van der Waals surface area contributed by atoms with Crippen molar-refractivity contribution in [3.05, 3.63) is 53.5 Å². The van der Waals surface area contributed by atoms with Gasteiger partial charge in [-0.15, -0.1) is 0 Å². The first-order valence-electron chi connectivity index (χ1n) is 6.36. The topological polar surface area (TPSA) is 82.8 Å². The summed E-state index contributed by atoms with van der Waals surface area (Å²) in [5.74, 6) is -0.352. The van der Waals surface area contributed by atoms with E-state index < -0.39 is 5.97 Å². The summed E-state index contributed by atoms with van der Waals surface area (Å²) in [5.41, 5.74) is 1.25. The van der Waals surface area contributed by atoms with E-state index in [2.05, 4.69) is 5.32 Å². The Labute approximate surface area is 122 Å². The number of hydrogen-bond donors (Lipinski definition) is 2. The zero-order chi connectivity index (χ0) is 15.4. The fourth-order valence-corrected chi connectivity index (χ4v) is 1.86. The highest BCUT2D eigenvalue weighted by molar-refractivity contribution is 5.94. The lowest BCUT2D eigenvalue weighted by atomic mass is 10.1. The second kappa shape index (κ2) is 6.13. The predicted octanol–water partition coefficient (Wildman–Crippen LogP) is 2.95. The molecule has 2 rings (SSSR count). The summed E-state index contributed by atoms with van der Waals surface area (Å²) in [7, 11) is 1.63. The average Bonchev–Trinajstić information content (AvgIpc) is 2.93. The first-order chi connectivity index (χ1) is 9.97. The summed E-state index contributed by atoms with van der Waals surface area (Å²) in [6, 6.07) is 7.95. The zero-order valence-electron chi connectivity index (χ0n) is 11.8. The molecule has 0 saturated carbocycles. The highest BCUT2D eigenvalue weighted by Gasteiger charge is 2.13. The van der Waals surface area contributed by atoms with E-state index in [9.17, 15) is 9.59 Å². The Morgan fingerprint density at radius 3 is 2.71 bits per heavy atom. The van der Waals surface area contributed by atoms with Crippen molar-refractivity contribution < 1.29 is 19.1 Å². The number of anilines is 1. The number of aryl methyl sites for hydroxylation is 1. The van der Waals surface area contributed by atoms with Crippen molar-refractivity contribution in [1.29, 1.82) is 0 Å². The molecule has 0 aliphatic rings. The molecule has 0 aliphatic carbocycles. The monoisotopic (exact) mass is 288 g/mol. The summed E-state index contributed by atoms with van der Waals surface area (Å²) < 4.78 is 5.17. The molecule has 1 aromatic carbocycles. The van der Waals surface area contributed by atoms with Crippen molar-refractivity contribution in [2.45, 2.75) is 13.5 Å². The highest BCUT2D eigenvalue weighted by atomic mass is 16.4. The summed E-state index contributed by atoms with van der Waals surface area (Å²) in [6.45, 7) is 2.04. The smallest absolute Gasteiger partial charge is 0.336 e. The van der Waals surface area contributed by atoms with Gasteiger partial charge in [-0.3, -0.25) is 0 Å². The van der Waals surface area contributed by atoms with Crippen LogP contribution in [-0.2, 0) is 6.54 Å². The fourth-order valence-electron chi connectivity index (χ4n) is 1.86. The van der Waals surface area contributed by atoms with Gasteiger partial charge in [0, 0.05) is 12.7 Å². The van der Waals surface area contributed by atoms with Crippen LogP contribution in [0.1, 0.15) is 21.7 Å². The number of amides is 2. The second-order valence-corrected chi connectivity index (χ2v) is 4.70. The maximum Gasteiger partial charge on any atom is 0.336 e. The van der Waals surface area contributed by atoms with E-state index in [4.69, 9.17) is 9.52 Å². The van der Waals surface area contributed by atoms with Crippen molar-refractivity contribution in [1.82, 2.24) is 4.90 Å². The van der Waals surface area contributed by atoms with E-state index in [-0.39, 0.29) is 11.6 Å². The maximum atomic E-state index is 12.0. The van der Waals surface area contributed by atoms with Crippen LogP contribution in [0.25, 0.3) is 0 Å². The van der Waals surface area contributed by atoms with Gasteiger partial charge in [-0.2, -0.15) is 0 Å². The summed E-state index contributed by atoms with van der Waals surface area (Å²) in [6.07, 6.45) is 1.54. The third-order valence-corrected chi connectivity index (χ3v) is 3.04. The van der Waals surface area contributed by atoms with Crippen LogP contribution in [0.4, 0.5) is 10.5 Å². The molecule has 0 unspecified atom stereocenters. The fraction of sp³-hybridized carbons (Fsp3) is 0.200. The largest absolute Gasteiger partial charge is 0.478 e. The van der Waals surface area contributed by atoms with Gasteiger partial charge in [0.25, 0.3) is 0 Å². The number of benzene rings is 1. The first-order valence-corrected chi connectivity index (χ1v) is 6.36. The van der Waals surface area contributed by atoms with Crippen LogP contribution in [0, 0.1) is 6.92 Å². The van der Waals surface area contributed by atoms with E-state index in [0.29, 0.717) is 23.6 Å². The molecule has 0 radical (unpaired) electrons. The SMILES string of the molecule is Cc1ccc(NC(=O)N(C)Cc2ccco2)cc1C(=O)O. The van der Waals surface area contributed by atoms with Crippen molar-refractivity contribution in [2.75, 3.05) is 12.4 Å². The Morgan fingerprint density at radius 1 is 1.33 bits per heavy atom. The molecule has 1 aromatic heterocycles. The van der Waals surface area contributed by atoms with Crippen LogP contribution in [0.5, 0.6) is 0 Å². The molecule has 6 heteroatoms. The van der Waals surface area contributed by atoms with Crippen molar-refractivity contribution in [2.24, 2.45) is 0 Å². The molecule has 0 fully saturated rings. The molecule has 6 nitrogen and oxygen atoms in total. The molecule has 1 heterocycles. The van der Waals surface area contributed by atoms with Crippen LogP contribution in [-0.4, -0.2) is 29.1 Å². The molecule has 110 valence electrons. The number of carbonyl (C=O) groups is 2. The summed E-state index contributed by atoms with van der Waals surface area (Å²) >= 11 is 0. The number of furan rings is 1. The average molecular weight is 288 g/mol. The van der Waals surface area contributed by atoms with E-state index in [1.54, 1.807) is 44.5 Å². The minimum atomic E-state index is -1.02. The standard InChI is InChI=1S/C15H16N2O4/c1-10-5-6-11(8-13(10)14(18)19)16-15(20)17(2)9-12-4-3-7-21-12/h3-8H,9H2,1-2H3,(H,16,20)(H,18,19). The van der Waals surface area contributed by atoms with E-state index in [1.807, 2.05) is 0 Å². The molecule has 2 amide bonds. The van der Waals surface area contributed by atoms with Gasteiger partial charge >= 0.3 is 12.0 Å². The normalized spacial score (nSPS) is 10.2. The van der Waals surface area contributed by atoms with Gasteiger partial charge in [0.15, 0.2) is 0 Å². The number of aromatic carboxylic acids is 1. The lowest BCUT2D eigenvalue weighted by Crippen LogP contribution is -2.30. The Morgan fingerprint density at radius 2 is 2.10 bits per heavy atom. The lowest BCUT2D eigenvalue weighted by molar-refractivity contribution is 0.0696. The van der Waals surface area contributed by atoms with Crippen molar-refractivity contribution >= 4 is 17.7 Å². The molecular formula is C15H16N2O4. The number of carbonyl (C=O) groups excluding carboxylic acids is 1. The van der Waals surface area contributed by atoms with Gasteiger partial charge in [-0.1, -0.05) is 6.07 Å². The third-order valence-electron chi connectivity index (χ3n) is 3.04. The van der Waals surface area contributed by atoms with Crippen molar-refractivity contribution in [3.63, 3.8) is 0 Å². The Bertz CT molecular complexity index is 650. The zero-order valence-corrected chi connectivity index (χ0v) is 11.8. The molecule has 0 saturated heterocycles. The molecule has 2 aromatic rings. The number of rotatable bonds is 4. The Kier molecular flexibility index (Phi) is 4.27. The molecule has 0 spiro atoms. The van der Waals surface area contributed by atoms with Gasteiger partial charge in [-0.05, 0) is 36.8 Å². The van der Waals surface area contributed by atoms with Gasteiger partial charge in [0.1, 0.15) is 5.76 Å². The van der Waals surface area contributed by atoms with E-state index in [0.717, 1.165) is 0 Å². The number of carboxylic acids is 1. The third kappa shape index (κ3) is 3.62. The molecule has 2 N–H and O–H groups in total. The number of urea groups is 1.